The Hall–Kier alpha value is -2.28. The molecule has 0 aliphatic rings. The Labute approximate surface area is 126 Å². The lowest BCUT2D eigenvalue weighted by Crippen LogP contribution is -2.33. The zero-order valence-electron chi connectivity index (χ0n) is 11.6. The second-order valence-corrected chi connectivity index (χ2v) is 5.30. The molecule has 1 aromatic carbocycles. The molecule has 1 aromatic heterocycles. The molecule has 0 saturated carbocycles. The molecule has 0 aliphatic heterocycles. The van der Waals surface area contributed by atoms with Crippen molar-refractivity contribution in [1.29, 1.82) is 0 Å². The lowest BCUT2D eigenvalue weighted by molar-refractivity contribution is -0.139. The van der Waals surface area contributed by atoms with Crippen LogP contribution in [0.3, 0.4) is 0 Å². The van der Waals surface area contributed by atoms with Gasteiger partial charge in [0, 0.05) is 29.3 Å². The van der Waals surface area contributed by atoms with Gasteiger partial charge >= 0.3 is 5.97 Å². The first kappa shape index (κ1) is 15.1. The van der Waals surface area contributed by atoms with Gasteiger partial charge in [0.05, 0.1) is 6.20 Å². The number of hydrogen-bond donors (Lipinski definition) is 2. The Morgan fingerprint density at radius 3 is 2.48 bits per heavy atom. The van der Waals surface area contributed by atoms with Crippen LogP contribution in [0.1, 0.15) is 22.0 Å². The monoisotopic (exact) mass is 305 g/mol. The average Bonchev–Trinajstić information content (AvgIpc) is 2.90. The van der Waals surface area contributed by atoms with E-state index in [9.17, 15) is 14.7 Å². The Balaban J connectivity index is 2.16. The number of nitrogens with zero attached hydrogens (tertiary/aromatic N) is 2. The van der Waals surface area contributed by atoms with Gasteiger partial charge in [0.15, 0.2) is 6.04 Å². The standard InChI is InChI=1S/C14H15N3O3S/c1-17-8-10(7-15-17)12(14(19)20)16-13(18)9-3-5-11(21-2)6-4-9/h3-8,12H,1-2H3,(H,16,18)(H,19,20). The third kappa shape index (κ3) is 3.63. The first-order valence-corrected chi connectivity index (χ1v) is 7.40. The minimum atomic E-state index is -1.13. The number of aliphatic carboxylic acids is 1. The van der Waals surface area contributed by atoms with Crippen LogP contribution in [0, 0.1) is 0 Å². The number of aromatic nitrogens is 2. The minimum Gasteiger partial charge on any atom is -0.479 e. The summed E-state index contributed by atoms with van der Waals surface area (Å²) >= 11 is 1.57. The molecule has 0 fully saturated rings. The van der Waals surface area contributed by atoms with E-state index in [1.807, 2.05) is 18.4 Å². The topological polar surface area (TPSA) is 84.2 Å². The molecule has 0 bridgehead atoms. The maximum Gasteiger partial charge on any atom is 0.331 e. The van der Waals surface area contributed by atoms with Crippen molar-refractivity contribution >= 4 is 23.6 Å². The summed E-state index contributed by atoms with van der Waals surface area (Å²) in [4.78, 5) is 24.5. The van der Waals surface area contributed by atoms with Gasteiger partial charge in [-0.1, -0.05) is 0 Å². The van der Waals surface area contributed by atoms with Gasteiger partial charge in [0.2, 0.25) is 0 Å². The minimum absolute atomic E-state index is 0.419. The summed E-state index contributed by atoms with van der Waals surface area (Å²) in [6.07, 6.45) is 4.93. The van der Waals surface area contributed by atoms with Crippen molar-refractivity contribution in [2.45, 2.75) is 10.9 Å². The highest BCUT2D eigenvalue weighted by atomic mass is 32.2. The van der Waals surface area contributed by atoms with Crippen LogP contribution in [0.15, 0.2) is 41.6 Å². The van der Waals surface area contributed by atoms with Crippen LogP contribution in [0.2, 0.25) is 0 Å². The molecule has 1 unspecified atom stereocenters. The van der Waals surface area contributed by atoms with Crippen LogP contribution < -0.4 is 5.32 Å². The number of aryl methyl sites for hydroxylation is 1. The fourth-order valence-electron chi connectivity index (χ4n) is 1.83. The van der Waals surface area contributed by atoms with Crippen LogP contribution in [-0.2, 0) is 11.8 Å². The summed E-state index contributed by atoms with van der Waals surface area (Å²) in [7, 11) is 1.69. The van der Waals surface area contributed by atoms with E-state index in [1.165, 1.54) is 10.9 Å². The number of thioether (sulfide) groups is 1. The van der Waals surface area contributed by atoms with Crippen LogP contribution in [-0.4, -0.2) is 33.0 Å². The summed E-state index contributed by atoms with van der Waals surface area (Å²) in [5, 5.41) is 15.7. The predicted molar refractivity (Wildman–Crippen MR) is 79.3 cm³/mol. The van der Waals surface area contributed by atoms with Gasteiger partial charge in [0.1, 0.15) is 0 Å². The number of benzene rings is 1. The van der Waals surface area contributed by atoms with E-state index in [4.69, 9.17) is 0 Å². The SMILES string of the molecule is CSc1ccc(C(=O)NC(C(=O)O)c2cnn(C)c2)cc1. The summed E-state index contributed by atoms with van der Waals surface area (Å²) < 4.78 is 1.49. The maximum absolute atomic E-state index is 12.1. The molecule has 2 rings (SSSR count). The summed E-state index contributed by atoms with van der Waals surface area (Å²) in [5.41, 5.74) is 0.849. The molecular weight excluding hydrogens is 290 g/mol. The van der Waals surface area contributed by atoms with E-state index < -0.39 is 17.9 Å². The molecule has 7 heteroatoms. The fraction of sp³-hybridized carbons (Fsp3) is 0.214. The molecule has 6 nitrogen and oxygen atoms in total. The van der Waals surface area contributed by atoms with Gasteiger partial charge in [-0.3, -0.25) is 9.48 Å². The molecule has 1 atom stereocenters. The molecule has 0 spiro atoms. The number of rotatable bonds is 5. The highest BCUT2D eigenvalue weighted by molar-refractivity contribution is 7.98. The van der Waals surface area contributed by atoms with Crippen molar-refractivity contribution in [1.82, 2.24) is 15.1 Å². The van der Waals surface area contributed by atoms with E-state index in [-0.39, 0.29) is 0 Å². The Morgan fingerprint density at radius 2 is 2.00 bits per heavy atom. The molecule has 2 aromatic rings. The van der Waals surface area contributed by atoms with Gasteiger partial charge in [-0.2, -0.15) is 5.10 Å². The number of carboxylic acids is 1. The van der Waals surface area contributed by atoms with E-state index in [0.29, 0.717) is 11.1 Å². The Kier molecular flexibility index (Phi) is 4.64. The van der Waals surface area contributed by atoms with Crippen LogP contribution in [0.4, 0.5) is 0 Å². The molecule has 1 heterocycles. The van der Waals surface area contributed by atoms with Crippen molar-refractivity contribution in [3.05, 3.63) is 47.8 Å². The normalized spacial score (nSPS) is 11.9. The molecule has 21 heavy (non-hydrogen) atoms. The van der Waals surface area contributed by atoms with Gasteiger partial charge < -0.3 is 10.4 Å². The van der Waals surface area contributed by atoms with Crippen LogP contribution in [0.25, 0.3) is 0 Å². The maximum atomic E-state index is 12.1. The second kappa shape index (κ2) is 6.45. The summed E-state index contributed by atoms with van der Waals surface area (Å²) in [5.74, 6) is -1.56. The number of carbonyl (C=O) groups excluding carboxylic acids is 1. The van der Waals surface area contributed by atoms with Crippen LogP contribution in [0.5, 0.6) is 0 Å². The number of nitrogens with one attached hydrogen (secondary N) is 1. The number of hydrogen-bond acceptors (Lipinski definition) is 4. The Bertz CT molecular complexity index is 652. The Morgan fingerprint density at radius 1 is 1.33 bits per heavy atom. The fourth-order valence-corrected chi connectivity index (χ4v) is 2.24. The first-order valence-electron chi connectivity index (χ1n) is 6.17. The van der Waals surface area contributed by atoms with Gasteiger partial charge in [-0.25, -0.2) is 4.79 Å². The third-order valence-corrected chi connectivity index (χ3v) is 3.68. The quantitative estimate of drug-likeness (QED) is 0.821. The van der Waals surface area contributed by atoms with Gasteiger partial charge in [0.25, 0.3) is 5.91 Å². The van der Waals surface area contributed by atoms with Crippen molar-refractivity contribution < 1.29 is 14.7 Å². The first-order chi connectivity index (χ1) is 10.0. The largest absolute Gasteiger partial charge is 0.479 e. The highest BCUT2D eigenvalue weighted by Crippen LogP contribution is 2.16. The third-order valence-electron chi connectivity index (χ3n) is 2.93. The number of carbonyl (C=O) groups is 2. The van der Waals surface area contributed by atoms with Crippen molar-refractivity contribution in [2.75, 3.05) is 6.26 Å². The average molecular weight is 305 g/mol. The zero-order valence-corrected chi connectivity index (χ0v) is 12.4. The summed E-state index contributed by atoms with van der Waals surface area (Å²) in [6, 6.07) is 5.86. The molecular formula is C14H15N3O3S. The number of amides is 1. The molecule has 2 N–H and O–H groups in total. The number of carboxylic acid groups (broad SMARTS) is 1. The zero-order chi connectivity index (χ0) is 15.4. The summed E-state index contributed by atoms with van der Waals surface area (Å²) in [6.45, 7) is 0. The van der Waals surface area contributed by atoms with Crippen molar-refractivity contribution in [3.8, 4) is 0 Å². The van der Waals surface area contributed by atoms with Crippen molar-refractivity contribution in [3.63, 3.8) is 0 Å². The lowest BCUT2D eigenvalue weighted by atomic mass is 10.1. The molecule has 1 amide bonds. The van der Waals surface area contributed by atoms with Crippen molar-refractivity contribution in [2.24, 2.45) is 7.05 Å². The highest BCUT2D eigenvalue weighted by Gasteiger charge is 2.23. The second-order valence-electron chi connectivity index (χ2n) is 4.42. The smallest absolute Gasteiger partial charge is 0.331 e. The van der Waals surface area contributed by atoms with Gasteiger partial charge in [-0.05, 0) is 30.5 Å². The molecule has 0 saturated heterocycles. The van der Waals surface area contributed by atoms with E-state index in [1.54, 1.807) is 37.1 Å². The lowest BCUT2D eigenvalue weighted by Gasteiger charge is -2.13. The van der Waals surface area contributed by atoms with E-state index in [2.05, 4.69) is 10.4 Å². The molecule has 0 radical (unpaired) electrons. The van der Waals surface area contributed by atoms with Crippen LogP contribution >= 0.6 is 11.8 Å². The molecule has 110 valence electrons. The molecule has 0 aliphatic carbocycles. The predicted octanol–water partition coefficient (Wildman–Crippen LogP) is 1.70. The van der Waals surface area contributed by atoms with E-state index >= 15 is 0 Å². The van der Waals surface area contributed by atoms with Gasteiger partial charge in [-0.15, -0.1) is 11.8 Å². The van der Waals surface area contributed by atoms with E-state index in [0.717, 1.165) is 4.90 Å².